The Morgan fingerprint density at radius 3 is 2.61 bits per heavy atom. The van der Waals surface area contributed by atoms with E-state index in [9.17, 15) is 9.18 Å². The summed E-state index contributed by atoms with van der Waals surface area (Å²) in [4.78, 5) is 11.7. The third-order valence-corrected chi connectivity index (χ3v) is 4.74. The first-order chi connectivity index (χ1) is 8.62. The molecule has 1 aromatic carbocycles. The number of halogens is 1. The fourth-order valence-electron chi connectivity index (χ4n) is 2.11. The van der Waals surface area contributed by atoms with Crippen LogP contribution in [0.5, 0.6) is 0 Å². The van der Waals surface area contributed by atoms with Gasteiger partial charge in [-0.25, -0.2) is 4.39 Å². The van der Waals surface area contributed by atoms with Crippen molar-refractivity contribution >= 4 is 17.7 Å². The van der Waals surface area contributed by atoms with E-state index in [0.29, 0.717) is 41.8 Å². The van der Waals surface area contributed by atoms with Crippen molar-refractivity contribution in [1.29, 1.82) is 0 Å². The number of carbonyl (C=O) groups is 1. The zero-order valence-corrected chi connectivity index (χ0v) is 10.5. The van der Waals surface area contributed by atoms with Gasteiger partial charge in [0.2, 0.25) is 0 Å². The Morgan fingerprint density at radius 1 is 1.44 bits per heavy atom. The molecule has 1 saturated heterocycles. The third-order valence-electron chi connectivity index (χ3n) is 3.54. The lowest BCUT2D eigenvalue weighted by molar-refractivity contribution is -0.140. The lowest BCUT2D eigenvalue weighted by Gasteiger charge is -2.25. The summed E-state index contributed by atoms with van der Waals surface area (Å²) in [5.74, 6) is -1.17. The zero-order chi connectivity index (χ0) is 12.8. The summed E-state index contributed by atoms with van der Waals surface area (Å²) in [5, 5.41) is 9.48. The smallest absolute Gasteiger partial charge is 0.314 e. The highest BCUT2D eigenvalue weighted by Crippen LogP contribution is 2.49. The Morgan fingerprint density at radius 2 is 2.17 bits per heavy atom. The summed E-state index contributed by atoms with van der Waals surface area (Å²) < 4.78 is 19.0. The minimum absolute atomic E-state index is 0.319. The van der Waals surface area contributed by atoms with Crippen LogP contribution in [0.25, 0.3) is 0 Å². The molecule has 0 radical (unpaired) electrons. The van der Waals surface area contributed by atoms with Crippen LogP contribution in [0.4, 0.5) is 4.39 Å². The monoisotopic (exact) mass is 268 g/mol. The van der Waals surface area contributed by atoms with Crippen molar-refractivity contribution in [2.45, 2.75) is 28.4 Å². The first-order valence-corrected chi connectivity index (χ1v) is 6.78. The molecule has 18 heavy (non-hydrogen) atoms. The zero-order valence-electron chi connectivity index (χ0n) is 9.69. The average molecular weight is 268 g/mol. The van der Waals surface area contributed by atoms with Crippen molar-refractivity contribution < 1.29 is 19.0 Å². The van der Waals surface area contributed by atoms with Gasteiger partial charge in [0.25, 0.3) is 0 Å². The van der Waals surface area contributed by atoms with E-state index in [4.69, 9.17) is 9.84 Å². The van der Waals surface area contributed by atoms with E-state index in [1.54, 1.807) is 12.1 Å². The second kappa shape index (κ2) is 4.24. The maximum Gasteiger partial charge on any atom is 0.314 e. The van der Waals surface area contributed by atoms with Gasteiger partial charge in [-0.05, 0) is 30.5 Å². The summed E-state index contributed by atoms with van der Waals surface area (Å²) in [6.07, 6.45) is 1.20. The molecule has 1 heterocycles. The molecule has 0 bridgehead atoms. The quantitative estimate of drug-likeness (QED) is 0.911. The van der Waals surface area contributed by atoms with Crippen molar-refractivity contribution in [2.24, 2.45) is 0 Å². The predicted molar refractivity (Wildman–Crippen MR) is 65.4 cm³/mol. The van der Waals surface area contributed by atoms with Gasteiger partial charge in [-0.2, -0.15) is 0 Å². The van der Waals surface area contributed by atoms with E-state index in [2.05, 4.69) is 0 Å². The molecule has 0 spiro atoms. The molecule has 0 amide bonds. The lowest BCUT2D eigenvalue weighted by atomic mass is 9.96. The highest BCUT2D eigenvalue weighted by atomic mass is 32.2. The van der Waals surface area contributed by atoms with Gasteiger partial charge in [-0.15, -0.1) is 11.8 Å². The summed E-state index contributed by atoms with van der Waals surface area (Å²) >= 11 is 1.46. The second-order valence-corrected chi connectivity index (χ2v) is 6.15. The number of benzene rings is 1. The lowest BCUT2D eigenvalue weighted by Crippen LogP contribution is -2.30. The molecule has 1 aromatic rings. The van der Waals surface area contributed by atoms with Crippen LogP contribution in [-0.4, -0.2) is 29.5 Å². The molecular weight excluding hydrogens is 255 g/mol. The Kier molecular flexibility index (Phi) is 2.83. The van der Waals surface area contributed by atoms with Gasteiger partial charge in [0.1, 0.15) is 5.82 Å². The molecule has 0 unspecified atom stereocenters. The molecule has 0 aromatic heterocycles. The van der Waals surface area contributed by atoms with E-state index >= 15 is 0 Å². The van der Waals surface area contributed by atoms with Crippen LogP contribution in [0.1, 0.15) is 18.4 Å². The molecule has 1 aliphatic heterocycles. The van der Waals surface area contributed by atoms with Crippen molar-refractivity contribution in [3.63, 3.8) is 0 Å². The molecular formula is C13H13FO3S. The number of aliphatic carboxylic acids is 1. The van der Waals surface area contributed by atoms with E-state index in [-0.39, 0.29) is 5.82 Å². The maximum atomic E-state index is 13.9. The minimum atomic E-state index is -0.852. The van der Waals surface area contributed by atoms with Gasteiger partial charge in [-0.3, -0.25) is 4.79 Å². The topological polar surface area (TPSA) is 46.5 Å². The Balaban J connectivity index is 1.82. The molecule has 2 aliphatic rings. The van der Waals surface area contributed by atoms with Crippen molar-refractivity contribution in [3.8, 4) is 0 Å². The second-order valence-electron chi connectivity index (χ2n) is 4.81. The highest BCUT2D eigenvalue weighted by Gasteiger charge is 2.51. The van der Waals surface area contributed by atoms with Crippen LogP contribution in [0.2, 0.25) is 0 Å². The van der Waals surface area contributed by atoms with Gasteiger partial charge in [-0.1, -0.05) is 6.07 Å². The summed E-state index contributed by atoms with van der Waals surface area (Å²) in [6.45, 7) is 1.32. The Hall–Kier alpha value is -1.07. The Bertz CT molecular complexity index is 495. The summed E-state index contributed by atoms with van der Waals surface area (Å²) in [5.41, 5.74) is -0.245. The van der Waals surface area contributed by atoms with E-state index in [1.165, 1.54) is 17.8 Å². The van der Waals surface area contributed by atoms with Crippen LogP contribution < -0.4 is 0 Å². The van der Waals surface area contributed by atoms with Crippen LogP contribution >= 0.6 is 11.8 Å². The van der Waals surface area contributed by atoms with Crippen LogP contribution in [-0.2, 0) is 14.9 Å². The van der Waals surface area contributed by atoms with Gasteiger partial charge in [0, 0.05) is 4.90 Å². The van der Waals surface area contributed by atoms with Crippen LogP contribution in [0.15, 0.2) is 23.1 Å². The minimum Gasteiger partial charge on any atom is -0.481 e. The summed E-state index contributed by atoms with van der Waals surface area (Å²) in [7, 11) is 0. The normalized spacial score (nSPS) is 21.4. The number of carboxylic acids is 1. The van der Waals surface area contributed by atoms with Gasteiger partial charge >= 0.3 is 5.97 Å². The molecule has 2 fully saturated rings. The average Bonchev–Trinajstić information content (AvgIpc) is 3.06. The summed E-state index contributed by atoms with van der Waals surface area (Å²) in [6, 6.07) is 4.81. The predicted octanol–water partition coefficient (Wildman–Crippen LogP) is 2.43. The third kappa shape index (κ3) is 1.91. The van der Waals surface area contributed by atoms with E-state index in [1.807, 2.05) is 0 Å². The van der Waals surface area contributed by atoms with Gasteiger partial charge < -0.3 is 9.84 Å². The number of carboxylic acid groups (broad SMARTS) is 1. The van der Waals surface area contributed by atoms with Crippen LogP contribution in [0.3, 0.4) is 0 Å². The number of hydrogen-bond donors (Lipinski definition) is 1. The van der Waals surface area contributed by atoms with Gasteiger partial charge in [0.15, 0.2) is 0 Å². The van der Waals surface area contributed by atoms with E-state index < -0.39 is 11.4 Å². The number of hydrogen-bond acceptors (Lipinski definition) is 3. The Labute approximate surface area is 108 Å². The van der Waals surface area contributed by atoms with Crippen molar-refractivity contribution in [1.82, 2.24) is 0 Å². The molecule has 1 aliphatic carbocycles. The molecule has 96 valence electrons. The van der Waals surface area contributed by atoms with Gasteiger partial charge in [0.05, 0.1) is 23.9 Å². The molecule has 1 saturated carbocycles. The first-order valence-electron chi connectivity index (χ1n) is 5.90. The molecule has 3 nitrogen and oxygen atoms in total. The van der Waals surface area contributed by atoms with Crippen molar-refractivity contribution in [2.75, 3.05) is 13.2 Å². The maximum absolute atomic E-state index is 13.9. The fraction of sp³-hybridized carbons (Fsp3) is 0.462. The number of rotatable bonds is 4. The standard InChI is InChI=1S/C13H13FO3S/c14-10-5-8(13(3-4-13)12(15)16)1-2-11(10)18-9-6-17-7-9/h1-2,5,9H,3-4,6-7H2,(H,15,16). The van der Waals surface area contributed by atoms with Crippen molar-refractivity contribution in [3.05, 3.63) is 29.6 Å². The highest BCUT2D eigenvalue weighted by molar-refractivity contribution is 8.00. The number of ether oxygens (including phenoxy) is 1. The fourth-order valence-corrected chi connectivity index (χ4v) is 3.11. The molecule has 5 heteroatoms. The molecule has 0 atom stereocenters. The van der Waals surface area contributed by atoms with E-state index in [0.717, 1.165) is 0 Å². The SMILES string of the molecule is O=C(O)C1(c2ccc(SC3COC3)c(F)c2)CC1. The largest absolute Gasteiger partial charge is 0.481 e. The van der Waals surface area contributed by atoms with Crippen LogP contribution in [0, 0.1) is 5.82 Å². The first kappa shape index (κ1) is 12.0. The number of thioether (sulfide) groups is 1. The molecule has 1 N–H and O–H groups in total. The molecule has 3 rings (SSSR count).